The normalized spacial score (nSPS) is 19.7. The van der Waals surface area contributed by atoms with Crippen LogP contribution in [0.1, 0.15) is 6.92 Å². The standard InChI is InChI=1S/C4H6F6O3P2/c1-2-15(12,4(8,9)10)13-14(11)3(5,6)7/h14H,2H2,1H3. The van der Waals surface area contributed by atoms with Crippen molar-refractivity contribution >= 4 is 15.4 Å². The predicted octanol–water partition coefficient (Wildman–Crippen LogP) is 3.82. The molecule has 0 radical (unpaired) electrons. The first-order chi connectivity index (χ1) is 6.44. The average molecular weight is 278 g/mol. The fraction of sp³-hybridized carbons (Fsp3) is 1.00. The van der Waals surface area contributed by atoms with E-state index in [9.17, 15) is 35.5 Å². The summed E-state index contributed by atoms with van der Waals surface area (Å²) in [7, 11) is -10.5. The molecule has 2 atom stereocenters. The third kappa shape index (κ3) is 3.81. The van der Waals surface area contributed by atoms with Gasteiger partial charge in [0, 0.05) is 6.16 Å². The molecule has 92 valence electrons. The van der Waals surface area contributed by atoms with Gasteiger partial charge in [0.05, 0.1) is 0 Å². The van der Waals surface area contributed by atoms with E-state index in [2.05, 4.69) is 4.31 Å². The molecular formula is C4H6F6O3P2. The highest BCUT2D eigenvalue weighted by atomic mass is 31.2. The highest BCUT2D eigenvalue weighted by molar-refractivity contribution is 7.66. The zero-order valence-corrected chi connectivity index (χ0v) is 9.04. The molecule has 15 heavy (non-hydrogen) atoms. The minimum absolute atomic E-state index is 0.736. The number of alkyl halides is 6. The molecule has 0 aliphatic rings. The van der Waals surface area contributed by atoms with Gasteiger partial charge in [-0.3, -0.25) is 13.4 Å². The van der Waals surface area contributed by atoms with Crippen LogP contribution in [0.25, 0.3) is 0 Å². The summed E-state index contributed by atoms with van der Waals surface area (Å²) in [4.78, 5) is 0. The van der Waals surface area contributed by atoms with Gasteiger partial charge in [-0.05, 0) is 0 Å². The van der Waals surface area contributed by atoms with Gasteiger partial charge in [0.1, 0.15) is 0 Å². The minimum atomic E-state index is -5.52. The molecule has 0 aliphatic carbocycles. The van der Waals surface area contributed by atoms with Gasteiger partial charge in [0.15, 0.2) is 0 Å². The second kappa shape index (κ2) is 4.47. The molecular weight excluding hydrogens is 272 g/mol. The van der Waals surface area contributed by atoms with Crippen LogP contribution in [0.2, 0.25) is 0 Å². The Morgan fingerprint density at radius 3 is 1.80 bits per heavy atom. The topological polar surface area (TPSA) is 43.4 Å². The summed E-state index contributed by atoms with van der Waals surface area (Å²) in [5.74, 6) is -10.9. The number of rotatable bonds is 3. The van der Waals surface area contributed by atoms with Gasteiger partial charge in [0.25, 0.3) is 0 Å². The van der Waals surface area contributed by atoms with E-state index in [4.69, 9.17) is 0 Å². The molecule has 0 heterocycles. The van der Waals surface area contributed by atoms with E-state index >= 15 is 0 Å². The van der Waals surface area contributed by atoms with Crippen molar-refractivity contribution in [1.82, 2.24) is 0 Å². The molecule has 0 N–H and O–H groups in total. The summed E-state index contributed by atoms with van der Waals surface area (Å²) in [5, 5.41) is 0. The zero-order chi connectivity index (χ0) is 12.5. The van der Waals surface area contributed by atoms with Crippen molar-refractivity contribution in [3.63, 3.8) is 0 Å². The lowest BCUT2D eigenvalue weighted by atomic mass is 11.0. The Labute approximate surface area is 81.1 Å². The Balaban J connectivity index is 4.92. The van der Waals surface area contributed by atoms with Crippen LogP contribution < -0.4 is 0 Å². The first-order valence-corrected chi connectivity index (χ1v) is 6.53. The monoisotopic (exact) mass is 278 g/mol. The molecule has 11 heteroatoms. The molecule has 0 saturated carbocycles. The summed E-state index contributed by atoms with van der Waals surface area (Å²) < 4.78 is 95.1. The summed E-state index contributed by atoms with van der Waals surface area (Å²) in [6, 6.07) is 0. The number of hydrogen-bond acceptors (Lipinski definition) is 3. The second-order valence-electron chi connectivity index (χ2n) is 2.33. The van der Waals surface area contributed by atoms with Crippen LogP contribution in [0.4, 0.5) is 26.3 Å². The molecule has 3 nitrogen and oxygen atoms in total. The van der Waals surface area contributed by atoms with Gasteiger partial charge in [-0.1, -0.05) is 6.92 Å². The highest BCUT2D eigenvalue weighted by Crippen LogP contribution is 2.68. The average Bonchev–Trinajstić information content (AvgIpc) is 2.00. The van der Waals surface area contributed by atoms with Crippen molar-refractivity contribution in [2.75, 3.05) is 6.16 Å². The van der Waals surface area contributed by atoms with Crippen LogP contribution in [-0.4, -0.2) is 18.0 Å². The van der Waals surface area contributed by atoms with E-state index in [0.717, 1.165) is 6.92 Å². The lowest BCUT2D eigenvalue weighted by Gasteiger charge is -2.19. The molecule has 0 aromatic heterocycles. The van der Waals surface area contributed by atoms with Crippen molar-refractivity contribution in [3.8, 4) is 0 Å². The van der Waals surface area contributed by atoms with Gasteiger partial charge in [-0.15, -0.1) is 0 Å². The maximum Gasteiger partial charge on any atom is 0.466 e. The van der Waals surface area contributed by atoms with E-state index in [-0.39, 0.29) is 0 Å². The summed E-state index contributed by atoms with van der Waals surface area (Å²) in [6.07, 6.45) is -1.19. The number of halogens is 6. The van der Waals surface area contributed by atoms with Crippen LogP contribution in [0.5, 0.6) is 0 Å². The Morgan fingerprint density at radius 2 is 1.60 bits per heavy atom. The molecule has 0 aliphatic heterocycles. The van der Waals surface area contributed by atoms with Crippen molar-refractivity contribution in [2.45, 2.75) is 18.8 Å². The van der Waals surface area contributed by atoms with E-state index < -0.39 is 33.4 Å². The SMILES string of the molecule is CCP(=O)(O[PH](=O)C(F)(F)F)C(F)(F)F. The Morgan fingerprint density at radius 1 is 1.20 bits per heavy atom. The lowest BCUT2D eigenvalue weighted by Crippen LogP contribution is -2.13. The fourth-order valence-electron chi connectivity index (χ4n) is 0.481. The van der Waals surface area contributed by atoms with Crippen LogP contribution in [-0.2, 0) is 13.4 Å². The minimum Gasteiger partial charge on any atom is -0.286 e. The van der Waals surface area contributed by atoms with E-state index in [1.807, 2.05) is 0 Å². The molecule has 0 spiro atoms. The smallest absolute Gasteiger partial charge is 0.286 e. The maximum absolute atomic E-state index is 12.0. The zero-order valence-electron chi connectivity index (χ0n) is 7.15. The van der Waals surface area contributed by atoms with Crippen molar-refractivity contribution in [1.29, 1.82) is 0 Å². The molecule has 0 bridgehead atoms. The Kier molecular flexibility index (Phi) is 4.47. The maximum atomic E-state index is 12.0. The van der Waals surface area contributed by atoms with E-state index in [0.29, 0.717) is 0 Å². The fourth-order valence-corrected chi connectivity index (χ4v) is 3.26. The van der Waals surface area contributed by atoms with Gasteiger partial charge in [-0.2, -0.15) is 26.3 Å². The molecule has 2 unspecified atom stereocenters. The van der Waals surface area contributed by atoms with Gasteiger partial charge in [0.2, 0.25) is 0 Å². The van der Waals surface area contributed by atoms with Crippen molar-refractivity contribution in [3.05, 3.63) is 0 Å². The molecule has 0 fully saturated rings. The van der Waals surface area contributed by atoms with Gasteiger partial charge < -0.3 is 0 Å². The first kappa shape index (κ1) is 15.0. The Hall–Kier alpha value is -0.0000000000000000555. The van der Waals surface area contributed by atoms with Crippen LogP contribution >= 0.6 is 15.4 Å². The summed E-state index contributed by atoms with van der Waals surface area (Å²) in [6.45, 7) is 0.736. The predicted molar refractivity (Wildman–Crippen MR) is 40.3 cm³/mol. The molecule has 0 amide bonds. The summed E-state index contributed by atoms with van der Waals surface area (Å²) in [5.41, 5.74) is 0. The molecule has 0 aromatic carbocycles. The third-order valence-corrected chi connectivity index (χ3v) is 5.18. The Bertz CT molecular complexity index is 294. The van der Waals surface area contributed by atoms with E-state index in [1.165, 1.54) is 0 Å². The quantitative estimate of drug-likeness (QED) is 0.582. The van der Waals surface area contributed by atoms with Crippen molar-refractivity contribution in [2.24, 2.45) is 0 Å². The van der Waals surface area contributed by atoms with Crippen LogP contribution in [0.15, 0.2) is 0 Å². The van der Waals surface area contributed by atoms with Crippen LogP contribution in [0.3, 0.4) is 0 Å². The number of hydrogen-bond donors (Lipinski definition) is 0. The van der Waals surface area contributed by atoms with Crippen molar-refractivity contribution < 1.29 is 39.8 Å². The van der Waals surface area contributed by atoms with Gasteiger partial charge in [-0.25, -0.2) is 0 Å². The van der Waals surface area contributed by atoms with Gasteiger partial charge >= 0.3 is 27.2 Å². The third-order valence-electron chi connectivity index (χ3n) is 1.26. The molecule has 0 saturated heterocycles. The second-order valence-corrected chi connectivity index (χ2v) is 6.69. The highest BCUT2D eigenvalue weighted by Gasteiger charge is 2.55. The molecule has 0 aromatic rings. The largest absolute Gasteiger partial charge is 0.466 e. The molecule has 0 rings (SSSR count). The van der Waals surface area contributed by atoms with E-state index in [1.54, 1.807) is 0 Å². The first-order valence-electron chi connectivity index (χ1n) is 3.40. The summed E-state index contributed by atoms with van der Waals surface area (Å²) >= 11 is 0. The van der Waals surface area contributed by atoms with Crippen LogP contribution in [0, 0.1) is 0 Å². The lowest BCUT2D eigenvalue weighted by molar-refractivity contribution is -0.0607.